The van der Waals surface area contributed by atoms with Gasteiger partial charge >= 0.3 is 12.3 Å². The molecule has 3 saturated carbocycles. The highest BCUT2D eigenvalue weighted by Crippen LogP contribution is 2.57. The Morgan fingerprint density at radius 1 is 1.15 bits per heavy atom. The van der Waals surface area contributed by atoms with Crippen molar-refractivity contribution in [1.29, 1.82) is 0 Å². The Bertz CT molecular complexity index is 1740. The smallest absolute Gasteiger partial charge is 0.416 e. The second kappa shape index (κ2) is 10.8. The van der Waals surface area contributed by atoms with Gasteiger partial charge in [-0.1, -0.05) is 0 Å². The third kappa shape index (κ3) is 5.48. The van der Waals surface area contributed by atoms with Crippen molar-refractivity contribution in [1.82, 2.24) is 34.8 Å². The van der Waals surface area contributed by atoms with E-state index in [1.54, 1.807) is 22.7 Å². The van der Waals surface area contributed by atoms with Gasteiger partial charge in [0.1, 0.15) is 23.6 Å². The van der Waals surface area contributed by atoms with Gasteiger partial charge in [0.25, 0.3) is 0 Å². The van der Waals surface area contributed by atoms with Crippen LogP contribution in [-0.2, 0) is 22.2 Å². The zero-order valence-corrected chi connectivity index (χ0v) is 24.3. The number of carbonyl (C=O) groups excluding carboxylic acids is 1. The lowest BCUT2D eigenvalue weighted by Crippen LogP contribution is -2.68. The Balaban J connectivity index is 0.850. The van der Waals surface area contributed by atoms with E-state index in [9.17, 15) is 18.0 Å². The van der Waals surface area contributed by atoms with Crippen molar-refractivity contribution in [2.24, 2.45) is 5.92 Å². The summed E-state index contributed by atoms with van der Waals surface area (Å²) < 4.78 is 72.2. The molecule has 46 heavy (non-hydrogen) atoms. The fourth-order valence-electron chi connectivity index (χ4n) is 6.62. The van der Waals surface area contributed by atoms with Crippen LogP contribution < -0.4 is 15.4 Å². The largest absolute Gasteiger partial charge is 0.488 e. The number of halogens is 4. The first-order chi connectivity index (χ1) is 22.1. The van der Waals surface area contributed by atoms with Gasteiger partial charge in [-0.05, 0) is 55.5 Å². The molecule has 9 rings (SSSR count). The number of fused-ring (bicyclic) bond motifs is 1. The summed E-state index contributed by atoms with van der Waals surface area (Å²) in [5.74, 6) is 1.92. The highest BCUT2D eigenvalue weighted by molar-refractivity contribution is 5.69. The molecule has 0 radical (unpaired) electrons. The number of nitrogens with zero attached hydrogens (tertiary/aromatic N) is 5. The van der Waals surface area contributed by atoms with Crippen LogP contribution in [0, 0.1) is 5.92 Å². The predicted octanol–water partition coefficient (Wildman–Crippen LogP) is 4.53. The molecular weight excluding hydrogens is 612 g/mol. The van der Waals surface area contributed by atoms with Gasteiger partial charge in [0, 0.05) is 43.6 Å². The number of amides is 1. The van der Waals surface area contributed by atoms with Gasteiger partial charge in [-0.3, -0.25) is 14.4 Å². The molecule has 5 heterocycles. The van der Waals surface area contributed by atoms with Crippen molar-refractivity contribution in [3.63, 3.8) is 0 Å². The van der Waals surface area contributed by atoms with Crippen molar-refractivity contribution >= 4 is 23.5 Å². The quantitative estimate of drug-likeness (QED) is 0.226. The standard InChI is InChI=1S/C30H30F4N8O4/c31-25-22(46-28(43)38-29-8-16(9-29)10-29)15-44-26(25)21-7-23(40-39-21)37-27-35-6-5-24-36-18(12-42(24)27)11-41-13-20(14-41)45-19-3-1-17(2-4-19)30(32,33)34/h1-7,12,16,20,22,25-26H,8-11,13-15H2,(H,38,43)(H2,35,37,39,40)/t16?,22-,25+,26-,29?/m1/s1. The number of aromatic amines is 1. The van der Waals surface area contributed by atoms with Crippen LogP contribution in [0.5, 0.6) is 5.75 Å². The normalized spacial score (nSPS) is 27.5. The summed E-state index contributed by atoms with van der Waals surface area (Å²) in [6.07, 6.45) is -2.34. The van der Waals surface area contributed by atoms with Gasteiger partial charge in [0.05, 0.1) is 23.6 Å². The monoisotopic (exact) mass is 642 g/mol. The van der Waals surface area contributed by atoms with E-state index in [0.717, 1.165) is 37.1 Å². The Morgan fingerprint density at radius 2 is 1.93 bits per heavy atom. The number of imidazole rings is 1. The van der Waals surface area contributed by atoms with Crippen LogP contribution in [-0.4, -0.2) is 79.2 Å². The van der Waals surface area contributed by atoms with Gasteiger partial charge in [-0.15, -0.1) is 0 Å². The number of H-pyrrole nitrogens is 1. The second-order valence-electron chi connectivity index (χ2n) is 12.5. The number of nitrogens with one attached hydrogen (secondary N) is 3. The lowest BCUT2D eigenvalue weighted by atomic mass is 9.50. The van der Waals surface area contributed by atoms with Crippen LogP contribution in [0.4, 0.5) is 34.1 Å². The van der Waals surface area contributed by atoms with Gasteiger partial charge in [0.15, 0.2) is 18.1 Å². The van der Waals surface area contributed by atoms with Crippen LogP contribution in [0.3, 0.4) is 0 Å². The summed E-state index contributed by atoms with van der Waals surface area (Å²) in [4.78, 5) is 23.5. The zero-order chi connectivity index (χ0) is 31.6. The molecule has 16 heteroatoms. The van der Waals surface area contributed by atoms with Crippen LogP contribution in [0.2, 0.25) is 0 Å². The van der Waals surface area contributed by atoms with Crippen LogP contribution in [0.15, 0.2) is 48.8 Å². The third-order valence-electron chi connectivity index (χ3n) is 9.12. The van der Waals surface area contributed by atoms with E-state index >= 15 is 4.39 Å². The highest BCUT2D eigenvalue weighted by atomic mass is 19.4. The van der Waals surface area contributed by atoms with Crippen LogP contribution in [0.1, 0.15) is 42.3 Å². The molecule has 0 spiro atoms. The topological polar surface area (TPSA) is 131 Å². The highest BCUT2D eigenvalue weighted by Gasteiger charge is 2.58. The molecule has 1 amide bonds. The fourth-order valence-corrected chi connectivity index (χ4v) is 6.62. The number of ether oxygens (including phenoxy) is 3. The number of rotatable bonds is 9. The lowest BCUT2D eigenvalue weighted by molar-refractivity contribution is -0.137. The SMILES string of the molecule is O=C(NC12CC(C1)C2)O[C@@H]1CO[C@H](c2cc(Nc3nccc4nc(CN5CC(Oc6ccc(C(F)(F)F)cc6)C5)cn34)n[nH]2)[C@H]1F. The van der Waals surface area contributed by atoms with E-state index < -0.39 is 36.2 Å². The molecule has 2 aliphatic heterocycles. The molecule has 3 aromatic heterocycles. The maximum atomic E-state index is 15.2. The maximum Gasteiger partial charge on any atom is 0.416 e. The summed E-state index contributed by atoms with van der Waals surface area (Å²) in [5, 5.41) is 13.0. The van der Waals surface area contributed by atoms with Gasteiger partial charge in [-0.25, -0.2) is 19.2 Å². The van der Waals surface area contributed by atoms with E-state index in [-0.39, 0.29) is 18.2 Å². The van der Waals surface area contributed by atoms with Crippen molar-refractivity contribution in [2.75, 3.05) is 25.0 Å². The first kappa shape index (κ1) is 29.0. The molecule has 2 saturated heterocycles. The Morgan fingerprint density at radius 3 is 2.65 bits per heavy atom. The minimum Gasteiger partial charge on any atom is -0.488 e. The third-order valence-corrected chi connectivity index (χ3v) is 9.12. The average Bonchev–Trinajstić information content (AvgIpc) is 3.68. The van der Waals surface area contributed by atoms with Crippen molar-refractivity contribution in [2.45, 2.75) is 62.0 Å². The molecule has 3 aliphatic carbocycles. The Hall–Kier alpha value is -4.44. The molecule has 3 atom stereocenters. The summed E-state index contributed by atoms with van der Waals surface area (Å²) in [5.41, 5.74) is 0.967. The number of alkyl halides is 4. The Labute approximate surface area is 259 Å². The first-order valence-electron chi connectivity index (χ1n) is 15.1. The second-order valence-corrected chi connectivity index (χ2v) is 12.5. The number of alkyl carbamates (subject to hydrolysis) is 1. The molecule has 5 fully saturated rings. The maximum absolute atomic E-state index is 15.2. The predicted molar refractivity (Wildman–Crippen MR) is 153 cm³/mol. The number of benzene rings is 1. The lowest BCUT2D eigenvalue weighted by Gasteiger charge is -2.61. The van der Waals surface area contributed by atoms with Crippen LogP contribution in [0.25, 0.3) is 5.65 Å². The van der Waals surface area contributed by atoms with Crippen molar-refractivity contribution in [3.05, 3.63) is 65.7 Å². The number of aromatic nitrogens is 5. The zero-order valence-electron chi connectivity index (χ0n) is 24.3. The van der Waals surface area contributed by atoms with E-state index in [2.05, 4.69) is 35.7 Å². The molecule has 2 bridgehead atoms. The molecule has 1 aromatic carbocycles. The van der Waals surface area contributed by atoms with E-state index in [1.165, 1.54) is 12.1 Å². The molecule has 4 aromatic rings. The molecule has 12 nitrogen and oxygen atoms in total. The van der Waals surface area contributed by atoms with Crippen LogP contribution >= 0.6 is 0 Å². The number of anilines is 2. The number of hydrogen-bond donors (Lipinski definition) is 3. The van der Waals surface area contributed by atoms with Crippen molar-refractivity contribution in [3.8, 4) is 5.75 Å². The Kier molecular flexibility index (Phi) is 6.83. The van der Waals surface area contributed by atoms with E-state index in [4.69, 9.17) is 14.2 Å². The summed E-state index contributed by atoms with van der Waals surface area (Å²) in [6.45, 7) is 1.68. The van der Waals surface area contributed by atoms with Gasteiger partial charge in [-0.2, -0.15) is 18.3 Å². The van der Waals surface area contributed by atoms with Gasteiger partial charge in [0.2, 0.25) is 5.95 Å². The summed E-state index contributed by atoms with van der Waals surface area (Å²) >= 11 is 0. The van der Waals surface area contributed by atoms with Crippen molar-refractivity contribution < 1.29 is 36.6 Å². The minimum atomic E-state index is -4.38. The summed E-state index contributed by atoms with van der Waals surface area (Å²) in [7, 11) is 0. The summed E-state index contributed by atoms with van der Waals surface area (Å²) in [6, 6.07) is 8.07. The average molecular weight is 643 g/mol. The van der Waals surface area contributed by atoms with E-state index in [0.29, 0.717) is 54.4 Å². The number of carbonyl (C=O) groups is 1. The number of hydrogen-bond acceptors (Lipinski definition) is 9. The fraction of sp³-hybridized carbons (Fsp3) is 0.467. The van der Waals surface area contributed by atoms with Gasteiger partial charge < -0.3 is 24.8 Å². The molecule has 3 N–H and O–H groups in total. The molecular formula is C30H30F4N8O4. The minimum absolute atomic E-state index is 0.0612. The van der Waals surface area contributed by atoms with E-state index in [1.807, 2.05) is 6.20 Å². The number of likely N-dealkylation sites (tertiary alicyclic amines) is 1. The molecule has 5 aliphatic rings. The first-order valence-corrected chi connectivity index (χ1v) is 15.1. The molecule has 0 unspecified atom stereocenters. The molecule has 242 valence electrons.